The topological polar surface area (TPSA) is 358 Å². The number of phenols is 1. The number of carboxylic acid groups (broad SMARTS) is 1. The Hall–Kier alpha value is -7.56. The van der Waals surface area contributed by atoms with Crippen LogP contribution in [0.15, 0.2) is 72.1 Å². The maximum absolute atomic E-state index is 14.6. The van der Waals surface area contributed by atoms with E-state index in [9.17, 15) is 48.6 Å². The molecule has 1 aliphatic heterocycles. The van der Waals surface area contributed by atoms with Gasteiger partial charge in [0, 0.05) is 44.2 Å². The lowest BCUT2D eigenvalue weighted by atomic mass is 9.92. The number of imidazole rings is 1. The summed E-state index contributed by atoms with van der Waals surface area (Å²) in [5.74, 6) is -7.20. The molecular weight excluding hydrogens is 943 g/mol. The van der Waals surface area contributed by atoms with Gasteiger partial charge in [0.15, 0.2) is 5.96 Å². The van der Waals surface area contributed by atoms with Crippen molar-refractivity contribution in [3.8, 4) is 5.75 Å². The van der Waals surface area contributed by atoms with E-state index in [0.717, 1.165) is 0 Å². The fourth-order valence-corrected chi connectivity index (χ4v) is 8.38. The normalized spacial score (nSPS) is 16.5. The number of benzene rings is 2. The van der Waals surface area contributed by atoms with Gasteiger partial charge in [-0.2, -0.15) is 0 Å². The minimum atomic E-state index is -1.71. The summed E-state index contributed by atoms with van der Waals surface area (Å²) < 4.78 is 0. The Labute approximate surface area is 425 Å². The molecule has 1 aromatic heterocycles. The number of nitrogens with zero attached hydrogens (tertiary/aromatic N) is 3. The summed E-state index contributed by atoms with van der Waals surface area (Å²) in [5, 5.41) is 39.5. The fraction of sp³-hybridized carbons (Fsp3) is 0.520. The number of aromatic hydroxyl groups is 1. The monoisotopic (exact) mass is 1020 g/mol. The summed E-state index contributed by atoms with van der Waals surface area (Å²) in [4.78, 5) is 123. The number of aromatic amines is 1. The molecule has 14 N–H and O–H groups in total. The number of rotatable bonds is 28. The van der Waals surface area contributed by atoms with Crippen molar-refractivity contribution in [3.05, 3.63) is 83.9 Å². The molecule has 1 fully saturated rings. The van der Waals surface area contributed by atoms with Gasteiger partial charge in [-0.1, -0.05) is 76.6 Å². The van der Waals surface area contributed by atoms with E-state index in [4.69, 9.17) is 11.5 Å². The number of nitrogens with two attached hydrogens (primary N) is 2. The molecule has 1 saturated heterocycles. The van der Waals surface area contributed by atoms with Crippen molar-refractivity contribution in [1.29, 1.82) is 0 Å². The van der Waals surface area contributed by atoms with Crippen LogP contribution in [0.2, 0.25) is 0 Å². The molecule has 0 saturated carbocycles. The zero-order chi connectivity index (χ0) is 53.8. The molecule has 23 heteroatoms. The molecule has 4 rings (SSSR count). The molecule has 7 amide bonds. The van der Waals surface area contributed by atoms with Crippen molar-refractivity contribution in [2.45, 2.75) is 128 Å². The summed E-state index contributed by atoms with van der Waals surface area (Å²) in [7, 11) is 1.57. The van der Waals surface area contributed by atoms with Crippen LogP contribution in [0, 0.1) is 11.8 Å². The first-order valence-electron chi connectivity index (χ1n) is 24.5. The summed E-state index contributed by atoms with van der Waals surface area (Å²) in [6, 6.07) is 7.49. The van der Waals surface area contributed by atoms with Crippen molar-refractivity contribution in [2.75, 3.05) is 26.7 Å². The fourth-order valence-electron chi connectivity index (χ4n) is 8.38. The average molecular weight is 1020 g/mol. The Balaban J connectivity index is 1.59. The van der Waals surface area contributed by atoms with Crippen LogP contribution < -0.4 is 48.7 Å². The molecule has 23 nitrogen and oxygen atoms in total. The minimum Gasteiger partial charge on any atom is -0.508 e. The van der Waals surface area contributed by atoms with Crippen molar-refractivity contribution < 1.29 is 48.6 Å². The Morgan fingerprint density at radius 3 is 2.08 bits per heavy atom. The predicted molar refractivity (Wildman–Crippen MR) is 271 cm³/mol. The van der Waals surface area contributed by atoms with Crippen LogP contribution in [0.25, 0.3) is 0 Å². The van der Waals surface area contributed by atoms with Gasteiger partial charge in [-0.05, 0) is 74.8 Å². The standard InChI is InChI=1S/C50H73N13O10/c1-7-30(4)41(46(70)59-37(24-33-26-54-28-56-33)47(71)63-22-12-16-38(63)44(68)62-50(5,48(72)73)25-32-13-9-8-10-14-32)61-43(67)36(23-31-17-19-34(64)20-18-31)58-45(69)40(29(2)3)60-42(66)35(57-39(65)27-53-6)15-11-21-55-49(51)52/h8-10,13-14,17-20,26,28-30,35-38,40-41,53,64H,7,11-12,15-16,21-25,27H2,1-6H3,(H,54,56)(H,57,65)(H,58,69)(H,59,70)(H,60,66)(H,61,67)(H,62,68)(H,72,73)(H4,51,52,55)/t30-,35+,36-,37-,38+,40-,41-,50+/m0/s1. The van der Waals surface area contributed by atoms with E-state index in [-0.39, 0.29) is 63.4 Å². The molecule has 1 aliphatic rings. The van der Waals surface area contributed by atoms with Crippen LogP contribution >= 0.6 is 0 Å². The number of aromatic nitrogens is 2. The van der Waals surface area contributed by atoms with Crippen LogP contribution in [0.1, 0.15) is 83.5 Å². The van der Waals surface area contributed by atoms with Gasteiger partial charge in [0.1, 0.15) is 47.5 Å². The number of H-pyrrole nitrogens is 1. The number of guanidine groups is 1. The Bertz CT molecular complexity index is 2360. The molecule has 3 aromatic rings. The second-order valence-electron chi connectivity index (χ2n) is 19.0. The minimum absolute atomic E-state index is 0.0203. The quantitative estimate of drug-likeness (QED) is 0.0248. The number of phenolic OH excluding ortho intramolecular Hbond substituents is 1. The maximum Gasteiger partial charge on any atom is 0.329 e. The first-order valence-corrected chi connectivity index (χ1v) is 24.5. The highest BCUT2D eigenvalue weighted by Gasteiger charge is 2.43. The van der Waals surface area contributed by atoms with Crippen molar-refractivity contribution in [2.24, 2.45) is 28.3 Å². The number of likely N-dealkylation sites (tertiary alicyclic amines) is 1. The molecular formula is C50H73N13O10. The number of hydrogen-bond acceptors (Lipinski definition) is 12. The van der Waals surface area contributed by atoms with Gasteiger partial charge in [-0.25, -0.2) is 9.78 Å². The van der Waals surface area contributed by atoms with Gasteiger partial charge < -0.3 is 68.8 Å². The van der Waals surface area contributed by atoms with Gasteiger partial charge in [0.25, 0.3) is 0 Å². The molecule has 2 heterocycles. The van der Waals surface area contributed by atoms with Crippen LogP contribution in [0.4, 0.5) is 0 Å². The van der Waals surface area contributed by atoms with Crippen LogP contribution in [-0.4, -0.2) is 147 Å². The highest BCUT2D eigenvalue weighted by Crippen LogP contribution is 2.23. The summed E-state index contributed by atoms with van der Waals surface area (Å²) in [6.07, 6.45) is 4.13. The Kier molecular flexibility index (Phi) is 22.2. The van der Waals surface area contributed by atoms with E-state index in [1.807, 2.05) is 0 Å². The summed E-state index contributed by atoms with van der Waals surface area (Å²) >= 11 is 0. The van der Waals surface area contributed by atoms with E-state index in [0.29, 0.717) is 36.1 Å². The van der Waals surface area contributed by atoms with Crippen LogP contribution in [0.3, 0.4) is 0 Å². The number of aliphatic imine (C=N–C) groups is 1. The number of carboxylic acids is 1. The van der Waals surface area contributed by atoms with Gasteiger partial charge >= 0.3 is 5.97 Å². The van der Waals surface area contributed by atoms with Crippen molar-refractivity contribution in [3.63, 3.8) is 0 Å². The number of carbonyl (C=O) groups excluding carboxylic acids is 7. The first kappa shape index (κ1) is 58.0. The van der Waals surface area contributed by atoms with Crippen molar-refractivity contribution in [1.82, 2.24) is 52.1 Å². The van der Waals surface area contributed by atoms with Gasteiger partial charge in [0.2, 0.25) is 41.4 Å². The Morgan fingerprint density at radius 2 is 1.48 bits per heavy atom. The second kappa shape index (κ2) is 27.9. The van der Waals surface area contributed by atoms with Crippen LogP contribution in [0.5, 0.6) is 5.75 Å². The second-order valence-corrected chi connectivity index (χ2v) is 19.0. The zero-order valence-electron chi connectivity index (χ0n) is 42.4. The molecule has 8 atom stereocenters. The number of amides is 7. The molecule has 398 valence electrons. The number of likely N-dealkylation sites (N-methyl/N-ethyl adjacent to an activating group) is 1. The van der Waals surface area contributed by atoms with Gasteiger partial charge in [-0.3, -0.25) is 38.6 Å². The smallest absolute Gasteiger partial charge is 0.329 e. The zero-order valence-corrected chi connectivity index (χ0v) is 42.4. The number of carbonyl (C=O) groups is 8. The Morgan fingerprint density at radius 1 is 0.836 bits per heavy atom. The predicted octanol–water partition coefficient (Wildman–Crippen LogP) is -0.507. The lowest BCUT2D eigenvalue weighted by Gasteiger charge is -2.33. The van der Waals surface area contributed by atoms with E-state index in [1.165, 1.54) is 36.5 Å². The van der Waals surface area contributed by atoms with Gasteiger partial charge in [-0.15, -0.1) is 0 Å². The number of hydrogen-bond donors (Lipinski definition) is 12. The highest BCUT2D eigenvalue weighted by molar-refractivity contribution is 5.98. The largest absolute Gasteiger partial charge is 0.508 e. The van der Waals surface area contributed by atoms with E-state index >= 15 is 0 Å². The van der Waals surface area contributed by atoms with Crippen molar-refractivity contribution >= 4 is 53.3 Å². The lowest BCUT2D eigenvalue weighted by molar-refractivity contribution is -0.149. The molecule has 0 unspecified atom stereocenters. The molecule has 0 bridgehead atoms. The third kappa shape index (κ3) is 17.6. The van der Waals surface area contributed by atoms with Gasteiger partial charge in [0.05, 0.1) is 12.9 Å². The summed E-state index contributed by atoms with van der Waals surface area (Å²) in [6.45, 7) is 8.55. The SMILES string of the molecule is CC[C@H](C)[C@H](NC(=O)[C@H](Cc1ccc(O)cc1)NC(=O)[C@@H](NC(=O)[C@@H](CCCN=C(N)N)NC(=O)CNC)C(C)C)C(=O)N[C@@H](Cc1cnc[nH]1)C(=O)N1CCC[C@@H]1C(=O)N[C@](C)(Cc1ccccc1)C(=O)O. The third-order valence-electron chi connectivity index (χ3n) is 12.7. The summed E-state index contributed by atoms with van der Waals surface area (Å²) in [5.41, 5.74) is 10.9. The van der Waals surface area contributed by atoms with E-state index < -0.39 is 101 Å². The molecule has 0 spiro atoms. The lowest BCUT2D eigenvalue weighted by Crippen LogP contribution is -2.62. The van der Waals surface area contributed by atoms with Crippen LogP contribution in [-0.2, 0) is 57.6 Å². The van der Waals surface area contributed by atoms with E-state index in [2.05, 4.69) is 52.2 Å². The maximum atomic E-state index is 14.6. The molecule has 0 radical (unpaired) electrons. The average Bonchev–Trinajstić information content (AvgIpc) is 4.06. The first-order chi connectivity index (χ1) is 34.7. The third-order valence-corrected chi connectivity index (χ3v) is 12.7. The molecule has 73 heavy (non-hydrogen) atoms. The number of aliphatic carboxylic acids is 1. The molecule has 0 aliphatic carbocycles. The molecule has 2 aromatic carbocycles. The van der Waals surface area contributed by atoms with E-state index in [1.54, 1.807) is 77.2 Å². The number of nitrogens with one attached hydrogen (secondary N) is 8. The highest BCUT2D eigenvalue weighted by atomic mass is 16.4.